The summed E-state index contributed by atoms with van der Waals surface area (Å²) in [7, 11) is 0. The van der Waals surface area contributed by atoms with Crippen LogP contribution in [-0.4, -0.2) is 72.8 Å². The molecule has 196 valence electrons. The van der Waals surface area contributed by atoms with Crippen LogP contribution in [-0.2, 0) is 28.6 Å². The smallest absolute Gasteiger partial charge is 0.410 e. The van der Waals surface area contributed by atoms with Crippen molar-refractivity contribution >= 4 is 24.3 Å². The molecule has 0 aromatic carbocycles. The monoisotopic (exact) mass is 485 g/mol. The Hall–Kier alpha value is -2.16. The van der Waals surface area contributed by atoms with Crippen LogP contribution >= 0.6 is 0 Å². The van der Waals surface area contributed by atoms with Gasteiger partial charge in [0.05, 0.1) is 18.4 Å². The van der Waals surface area contributed by atoms with Crippen LogP contribution in [0.3, 0.4) is 0 Å². The number of aliphatic hydroxyl groups is 1. The van der Waals surface area contributed by atoms with E-state index in [-0.39, 0.29) is 51.7 Å². The summed E-state index contributed by atoms with van der Waals surface area (Å²) in [6, 6.07) is 0. The molecule has 34 heavy (non-hydrogen) atoms. The lowest BCUT2D eigenvalue weighted by atomic mass is 9.81. The molecule has 1 aliphatic carbocycles. The Bertz CT molecular complexity index is 666. The number of aldehydes is 1. The molecule has 0 bridgehead atoms. The second kappa shape index (κ2) is 14.3. The largest absolute Gasteiger partial charge is 0.465 e. The summed E-state index contributed by atoms with van der Waals surface area (Å²) in [6.45, 7) is 8.76. The molecule has 0 aromatic rings. The number of carbonyl (C=O) groups excluding carboxylic acids is 4. The van der Waals surface area contributed by atoms with Gasteiger partial charge in [0, 0.05) is 25.9 Å². The van der Waals surface area contributed by atoms with Gasteiger partial charge in [0.25, 0.3) is 0 Å². The molecule has 9 nitrogen and oxygen atoms in total. The normalized spacial score (nSPS) is 20.1. The summed E-state index contributed by atoms with van der Waals surface area (Å²) in [5, 5.41) is 9.77. The molecule has 1 N–H and O–H groups in total. The quantitative estimate of drug-likeness (QED) is 0.239. The summed E-state index contributed by atoms with van der Waals surface area (Å²) in [6.07, 6.45) is 4.79. The fourth-order valence-corrected chi connectivity index (χ4v) is 3.60. The van der Waals surface area contributed by atoms with E-state index in [0.29, 0.717) is 24.5 Å². The highest BCUT2D eigenvalue weighted by Gasteiger charge is 2.29. The van der Waals surface area contributed by atoms with Crippen LogP contribution in [0.15, 0.2) is 0 Å². The Morgan fingerprint density at radius 1 is 0.971 bits per heavy atom. The van der Waals surface area contributed by atoms with Gasteiger partial charge in [-0.3, -0.25) is 9.59 Å². The minimum atomic E-state index is -0.922. The highest BCUT2D eigenvalue weighted by molar-refractivity contribution is 5.72. The third-order valence-electron chi connectivity index (χ3n) is 5.89. The van der Waals surface area contributed by atoms with E-state index in [1.54, 1.807) is 27.7 Å². The highest BCUT2D eigenvalue weighted by atomic mass is 16.6. The van der Waals surface area contributed by atoms with E-state index < -0.39 is 23.1 Å². The number of rotatable bonds is 13. The van der Waals surface area contributed by atoms with E-state index in [9.17, 15) is 24.3 Å². The van der Waals surface area contributed by atoms with Crippen molar-refractivity contribution in [3.05, 3.63) is 0 Å². The van der Waals surface area contributed by atoms with Gasteiger partial charge in [-0.1, -0.05) is 26.7 Å². The van der Waals surface area contributed by atoms with Crippen molar-refractivity contribution in [2.24, 2.45) is 17.3 Å². The number of carbonyl (C=O) groups is 4. The van der Waals surface area contributed by atoms with Crippen LogP contribution in [0.25, 0.3) is 0 Å². The zero-order chi connectivity index (χ0) is 25.8. The Labute approximate surface area is 203 Å². The topological polar surface area (TPSA) is 119 Å². The standard InChI is InChI=1S/C25H43NO8/c1-19-7-9-20(10-8-19)15-22(30)33-18-25(5,16-28)17-32-21(29)11-13-26(12-6-14-27)23(31)34-24(2,3)4/h14,19-20,28H,6-13,15-18H2,1-5H3. The summed E-state index contributed by atoms with van der Waals surface area (Å²) >= 11 is 0. The molecule has 1 saturated carbocycles. The Balaban J connectivity index is 2.45. The molecule has 1 atom stereocenters. The predicted molar refractivity (Wildman–Crippen MR) is 126 cm³/mol. The highest BCUT2D eigenvalue weighted by Crippen LogP contribution is 2.30. The molecule has 0 spiro atoms. The Morgan fingerprint density at radius 3 is 2.09 bits per heavy atom. The van der Waals surface area contributed by atoms with Crippen molar-refractivity contribution in [2.45, 2.75) is 85.2 Å². The van der Waals surface area contributed by atoms with Gasteiger partial charge in [-0.25, -0.2) is 4.79 Å². The van der Waals surface area contributed by atoms with Gasteiger partial charge in [-0.15, -0.1) is 0 Å². The van der Waals surface area contributed by atoms with Gasteiger partial charge in [0.2, 0.25) is 0 Å². The van der Waals surface area contributed by atoms with Crippen LogP contribution in [0, 0.1) is 17.3 Å². The van der Waals surface area contributed by atoms with Crippen molar-refractivity contribution in [3.8, 4) is 0 Å². The second-order valence-electron chi connectivity index (χ2n) is 10.8. The molecule has 0 radical (unpaired) electrons. The molecule has 0 aliphatic heterocycles. The lowest BCUT2D eigenvalue weighted by molar-refractivity contribution is -0.156. The number of hydrogen-bond acceptors (Lipinski definition) is 8. The molecule has 1 rings (SSSR count). The van der Waals surface area contributed by atoms with Crippen molar-refractivity contribution < 1.29 is 38.5 Å². The first-order valence-corrected chi connectivity index (χ1v) is 12.2. The van der Waals surface area contributed by atoms with Crippen molar-refractivity contribution in [1.29, 1.82) is 0 Å². The number of amides is 1. The van der Waals surface area contributed by atoms with Crippen LogP contribution in [0.1, 0.15) is 79.6 Å². The minimum Gasteiger partial charge on any atom is -0.465 e. The van der Waals surface area contributed by atoms with E-state index >= 15 is 0 Å². The van der Waals surface area contributed by atoms with Crippen LogP contribution < -0.4 is 0 Å². The Kier molecular flexibility index (Phi) is 12.6. The van der Waals surface area contributed by atoms with Gasteiger partial charge < -0.3 is 29.0 Å². The molecular weight excluding hydrogens is 442 g/mol. The number of hydrogen-bond donors (Lipinski definition) is 1. The molecular formula is C25H43NO8. The fraction of sp³-hybridized carbons (Fsp3) is 0.840. The molecule has 1 amide bonds. The molecule has 1 unspecified atom stereocenters. The average Bonchev–Trinajstić information content (AvgIpc) is 2.76. The number of ether oxygens (including phenoxy) is 3. The second-order valence-corrected chi connectivity index (χ2v) is 10.8. The van der Waals surface area contributed by atoms with Crippen molar-refractivity contribution in [3.63, 3.8) is 0 Å². The van der Waals surface area contributed by atoms with E-state index in [2.05, 4.69) is 6.92 Å². The Morgan fingerprint density at radius 2 is 1.56 bits per heavy atom. The molecule has 9 heteroatoms. The van der Waals surface area contributed by atoms with E-state index in [1.165, 1.54) is 4.90 Å². The summed E-state index contributed by atoms with van der Waals surface area (Å²) < 4.78 is 16.0. The first-order chi connectivity index (χ1) is 15.9. The molecule has 0 heterocycles. The maximum atomic E-state index is 12.3. The predicted octanol–water partition coefficient (Wildman–Crippen LogP) is 3.50. The minimum absolute atomic E-state index is 0.0341. The maximum absolute atomic E-state index is 12.3. The van der Waals surface area contributed by atoms with Crippen molar-refractivity contribution in [2.75, 3.05) is 32.9 Å². The third-order valence-corrected chi connectivity index (χ3v) is 5.89. The van der Waals surface area contributed by atoms with Crippen LogP contribution in [0.4, 0.5) is 4.79 Å². The third kappa shape index (κ3) is 12.3. The first-order valence-electron chi connectivity index (χ1n) is 12.2. The maximum Gasteiger partial charge on any atom is 0.410 e. The first kappa shape index (κ1) is 29.9. The zero-order valence-corrected chi connectivity index (χ0v) is 21.5. The lowest BCUT2D eigenvalue weighted by Gasteiger charge is -2.28. The van der Waals surface area contributed by atoms with Crippen LogP contribution in [0.2, 0.25) is 0 Å². The van der Waals surface area contributed by atoms with Gasteiger partial charge in [0.1, 0.15) is 25.1 Å². The number of aliphatic hydroxyl groups excluding tert-OH is 1. The average molecular weight is 486 g/mol. The fourth-order valence-electron chi connectivity index (χ4n) is 3.60. The summed E-state index contributed by atoms with van der Waals surface area (Å²) in [5.74, 6) is 0.186. The zero-order valence-electron chi connectivity index (χ0n) is 21.5. The SMILES string of the molecule is CC1CCC(CC(=O)OCC(C)(CO)COC(=O)CCN(CCC=O)C(=O)OC(C)(C)C)CC1. The van der Waals surface area contributed by atoms with Crippen LogP contribution in [0.5, 0.6) is 0 Å². The van der Waals surface area contributed by atoms with Crippen molar-refractivity contribution in [1.82, 2.24) is 4.90 Å². The van der Waals surface area contributed by atoms with Gasteiger partial charge >= 0.3 is 18.0 Å². The molecule has 0 saturated heterocycles. The molecule has 1 fully saturated rings. The number of esters is 2. The van der Waals surface area contributed by atoms with Gasteiger partial charge in [0.15, 0.2) is 0 Å². The summed E-state index contributed by atoms with van der Waals surface area (Å²) in [4.78, 5) is 48.8. The number of nitrogens with zero attached hydrogens (tertiary/aromatic N) is 1. The lowest BCUT2D eigenvalue weighted by Crippen LogP contribution is -2.39. The van der Waals surface area contributed by atoms with E-state index in [1.807, 2.05) is 0 Å². The van der Waals surface area contributed by atoms with Gasteiger partial charge in [-0.05, 0) is 45.4 Å². The molecule has 0 aromatic heterocycles. The van der Waals surface area contributed by atoms with Gasteiger partial charge in [-0.2, -0.15) is 0 Å². The molecule has 1 aliphatic rings. The van der Waals surface area contributed by atoms with E-state index in [0.717, 1.165) is 25.7 Å². The van der Waals surface area contributed by atoms with E-state index in [4.69, 9.17) is 14.2 Å². The summed E-state index contributed by atoms with van der Waals surface area (Å²) in [5.41, 5.74) is -1.62.